The van der Waals surface area contributed by atoms with Crippen LogP contribution in [0.15, 0.2) is 18.2 Å². The lowest BCUT2D eigenvalue weighted by atomic mass is 10.1. The second-order valence-corrected chi connectivity index (χ2v) is 2.07. The van der Waals surface area contributed by atoms with Gasteiger partial charge < -0.3 is 9.84 Å². The van der Waals surface area contributed by atoms with Crippen LogP contribution in [0.1, 0.15) is 10.4 Å². The zero-order valence-corrected chi connectivity index (χ0v) is 5.00. The fourth-order valence-electron chi connectivity index (χ4n) is 0.896. The fourth-order valence-corrected chi connectivity index (χ4v) is 0.896. The summed E-state index contributed by atoms with van der Waals surface area (Å²) in [6, 6.07) is 4.87. The Bertz CT molecular complexity index is 300. The molecule has 2 aliphatic heterocycles. The number of carboxylic acids is 1. The summed E-state index contributed by atoms with van der Waals surface area (Å²) in [5.74, 6) is 0.256. The van der Waals surface area contributed by atoms with Gasteiger partial charge in [-0.3, -0.25) is 0 Å². The first kappa shape index (κ1) is 5.29. The number of carbonyl (C=O) groups is 1. The lowest BCUT2D eigenvalue weighted by Gasteiger charge is -2.17. The zero-order valence-electron chi connectivity index (χ0n) is 5.00. The SMILES string of the molecule is O=C(O)c1ccc2cc1O2. The highest BCUT2D eigenvalue weighted by Crippen LogP contribution is 2.37. The van der Waals surface area contributed by atoms with Gasteiger partial charge in [-0.15, -0.1) is 0 Å². The molecular formula is C7H4O3. The summed E-state index contributed by atoms with van der Waals surface area (Å²) >= 11 is 0. The maximum Gasteiger partial charge on any atom is 0.339 e. The lowest BCUT2D eigenvalue weighted by molar-refractivity contribution is 0.0692. The molecule has 50 valence electrons. The molecule has 0 aliphatic carbocycles. The molecule has 3 nitrogen and oxygen atoms in total. The van der Waals surface area contributed by atoms with Crippen molar-refractivity contribution in [2.45, 2.75) is 0 Å². The molecule has 0 saturated carbocycles. The number of aromatic carboxylic acids is 1. The first-order valence-electron chi connectivity index (χ1n) is 2.82. The summed E-state index contributed by atoms with van der Waals surface area (Å²) in [5, 5.41) is 8.51. The molecule has 10 heavy (non-hydrogen) atoms. The van der Waals surface area contributed by atoms with Crippen molar-refractivity contribution in [1.82, 2.24) is 0 Å². The molecule has 1 aromatic rings. The number of rotatable bonds is 1. The van der Waals surface area contributed by atoms with E-state index in [0.29, 0.717) is 5.75 Å². The van der Waals surface area contributed by atoms with E-state index in [1.54, 1.807) is 12.1 Å². The Labute approximate surface area is 56.9 Å². The van der Waals surface area contributed by atoms with Gasteiger partial charge in [-0.1, -0.05) is 0 Å². The largest absolute Gasteiger partial charge is 0.478 e. The van der Waals surface area contributed by atoms with Crippen LogP contribution < -0.4 is 4.74 Å². The number of fused-ring (bicyclic) bond motifs is 2. The van der Waals surface area contributed by atoms with Gasteiger partial charge in [-0.05, 0) is 12.1 Å². The van der Waals surface area contributed by atoms with E-state index in [-0.39, 0.29) is 5.56 Å². The molecule has 1 aromatic carbocycles. The van der Waals surface area contributed by atoms with Crippen molar-refractivity contribution < 1.29 is 14.6 Å². The van der Waals surface area contributed by atoms with Crippen LogP contribution in [-0.2, 0) is 0 Å². The average Bonchev–Trinajstić information content (AvgIpc) is 1.86. The third-order valence-electron chi connectivity index (χ3n) is 1.41. The minimum absolute atomic E-state index is 0.231. The van der Waals surface area contributed by atoms with Gasteiger partial charge in [0, 0.05) is 6.07 Å². The maximum atomic E-state index is 10.4. The summed E-state index contributed by atoms with van der Waals surface area (Å²) < 4.78 is 4.92. The van der Waals surface area contributed by atoms with E-state index in [9.17, 15) is 4.79 Å². The van der Waals surface area contributed by atoms with E-state index in [2.05, 4.69) is 0 Å². The Morgan fingerprint density at radius 1 is 1.50 bits per heavy atom. The van der Waals surface area contributed by atoms with Crippen LogP contribution in [0.3, 0.4) is 0 Å². The third kappa shape index (κ3) is 0.515. The molecule has 0 unspecified atom stereocenters. The van der Waals surface area contributed by atoms with Crippen molar-refractivity contribution in [2.24, 2.45) is 0 Å². The normalized spacial score (nSPS) is 11.6. The number of hydrogen-bond donors (Lipinski definition) is 1. The highest BCUT2D eigenvalue weighted by atomic mass is 16.5. The Hall–Kier alpha value is -1.51. The van der Waals surface area contributed by atoms with Crippen LogP contribution in [-0.4, -0.2) is 11.1 Å². The van der Waals surface area contributed by atoms with Crippen LogP contribution >= 0.6 is 0 Å². The van der Waals surface area contributed by atoms with E-state index in [0.717, 1.165) is 5.75 Å². The summed E-state index contributed by atoms with van der Waals surface area (Å²) in [6.45, 7) is 0. The van der Waals surface area contributed by atoms with Crippen LogP contribution in [0.4, 0.5) is 0 Å². The Morgan fingerprint density at radius 3 is 2.50 bits per heavy atom. The van der Waals surface area contributed by atoms with E-state index in [1.807, 2.05) is 0 Å². The molecule has 2 heterocycles. The van der Waals surface area contributed by atoms with Gasteiger partial charge in [0.2, 0.25) is 0 Å². The summed E-state index contributed by atoms with van der Waals surface area (Å²) in [5.41, 5.74) is 0.231. The zero-order chi connectivity index (χ0) is 7.14. The van der Waals surface area contributed by atoms with E-state index in [1.165, 1.54) is 6.07 Å². The Kier molecular flexibility index (Phi) is 0.795. The molecule has 2 bridgehead atoms. The second kappa shape index (κ2) is 1.50. The fraction of sp³-hybridized carbons (Fsp3) is 0. The summed E-state index contributed by atoms with van der Waals surface area (Å²) in [6.07, 6.45) is 0. The van der Waals surface area contributed by atoms with Crippen molar-refractivity contribution in [3.63, 3.8) is 0 Å². The number of benzene rings is 1. The third-order valence-corrected chi connectivity index (χ3v) is 1.41. The Balaban J connectivity index is 2.56. The van der Waals surface area contributed by atoms with Crippen LogP contribution in [0.2, 0.25) is 0 Å². The molecule has 0 amide bonds. The molecule has 1 N–H and O–H groups in total. The molecular weight excluding hydrogens is 132 g/mol. The quantitative estimate of drug-likeness (QED) is 0.646. The molecule has 3 rings (SSSR count). The highest BCUT2D eigenvalue weighted by molar-refractivity contribution is 5.92. The van der Waals surface area contributed by atoms with Crippen molar-refractivity contribution in [3.8, 4) is 11.5 Å². The standard InChI is InChI=1S/C7H4O3/c8-7(9)5-2-1-4-3-6(5)10-4/h1-3H,(H,8,9). The van der Waals surface area contributed by atoms with Gasteiger partial charge in [0.15, 0.2) is 0 Å². The predicted molar refractivity (Wildman–Crippen MR) is 33.5 cm³/mol. The molecule has 0 aromatic heterocycles. The lowest BCUT2D eigenvalue weighted by Crippen LogP contribution is -2.05. The predicted octanol–water partition coefficient (Wildman–Crippen LogP) is 1.49. The molecule has 3 heteroatoms. The van der Waals surface area contributed by atoms with Gasteiger partial charge in [0.1, 0.15) is 17.1 Å². The highest BCUT2D eigenvalue weighted by Gasteiger charge is 2.19. The summed E-state index contributed by atoms with van der Waals surface area (Å²) in [7, 11) is 0. The first-order valence-corrected chi connectivity index (χ1v) is 2.82. The molecule has 0 saturated heterocycles. The summed E-state index contributed by atoms with van der Waals surface area (Å²) in [4.78, 5) is 10.4. The monoisotopic (exact) mass is 136 g/mol. The van der Waals surface area contributed by atoms with E-state index < -0.39 is 5.97 Å². The molecule has 0 fully saturated rings. The smallest absolute Gasteiger partial charge is 0.339 e. The van der Waals surface area contributed by atoms with Crippen LogP contribution in [0.25, 0.3) is 0 Å². The van der Waals surface area contributed by atoms with Gasteiger partial charge in [0.05, 0.1) is 0 Å². The molecule has 0 atom stereocenters. The van der Waals surface area contributed by atoms with Crippen molar-refractivity contribution in [2.75, 3.05) is 0 Å². The van der Waals surface area contributed by atoms with Gasteiger partial charge in [-0.2, -0.15) is 0 Å². The van der Waals surface area contributed by atoms with Gasteiger partial charge >= 0.3 is 5.97 Å². The van der Waals surface area contributed by atoms with E-state index in [4.69, 9.17) is 9.84 Å². The average molecular weight is 136 g/mol. The van der Waals surface area contributed by atoms with Crippen molar-refractivity contribution in [3.05, 3.63) is 23.8 Å². The first-order chi connectivity index (χ1) is 4.77. The minimum Gasteiger partial charge on any atom is -0.478 e. The van der Waals surface area contributed by atoms with Crippen molar-refractivity contribution in [1.29, 1.82) is 0 Å². The minimum atomic E-state index is -0.943. The maximum absolute atomic E-state index is 10.4. The van der Waals surface area contributed by atoms with Crippen molar-refractivity contribution >= 4 is 5.97 Å². The molecule has 0 radical (unpaired) electrons. The molecule has 2 aliphatic rings. The topological polar surface area (TPSA) is 46.5 Å². The Morgan fingerprint density at radius 2 is 2.20 bits per heavy atom. The number of ether oxygens (including phenoxy) is 1. The van der Waals surface area contributed by atoms with Crippen LogP contribution in [0, 0.1) is 0 Å². The molecule has 0 spiro atoms. The second-order valence-electron chi connectivity index (χ2n) is 2.07. The van der Waals surface area contributed by atoms with E-state index >= 15 is 0 Å². The van der Waals surface area contributed by atoms with Crippen LogP contribution in [0.5, 0.6) is 11.5 Å². The number of carboxylic acid groups (broad SMARTS) is 1. The van der Waals surface area contributed by atoms with Gasteiger partial charge in [0.25, 0.3) is 0 Å². The number of hydrogen-bond acceptors (Lipinski definition) is 2. The van der Waals surface area contributed by atoms with Gasteiger partial charge in [-0.25, -0.2) is 4.79 Å².